The molecule has 1 amide bonds. The van der Waals surface area contributed by atoms with E-state index < -0.39 is 11.7 Å². The molecule has 1 atom stereocenters. The van der Waals surface area contributed by atoms with Crippen LogP contribution in [-0.2, 0) is 14.2 Å². The number of amides is 1. The van der Waals surface area contributed by atoms with Gasteiger partial charge in [0.05, 0.1) is 12.6 Å². The van der Waals surface area contributed by atoms with Gasteiger partial charge in [0, 0.05) is 14.0 Å². The van der Waals surface area contributed by atoms with E-state index >= 15 is 0 Å². The lowest BCUT2D eigenvalue weighted by atomic mass is 10.2. The van der Waals surface area contributed by atoms with Gasteiger partial charge in [-0.2, -0.15) is 0 Å². The summed E-state index contributed by atoms with van der Waals surface area (Å²) in [6.45, 7) is 7.68. The van der Waals surface area contributed by atoms with Crippen LogP contribution in [0.25, 0.3) is 0 Å². The van der Waals surface area contributed by atoms with Gasteiger partial charge in [-0.15, -0.1) is 0 Å². The van der Waals surface area contributed by atoms with Crippen LogP contribution in [0.3, 0.4) is 0 Å². The first-order valence-corrected chi connectivity index (χ1v) is 5.77. The highest BCUT2D eigenvalue weighted by molar-refractivity contribution is 7.80. The number of hydrogen-bond donors (Lipinski definition) is 1. The monoisotopic (exact) mass is 263 g/mol. The molecule has 17 heavy (non-hydrogen) atoms. The topological polar surface area (TPSA) is 56.8 Å². The second-order valence-electron chi connectivity index (χ2n) is 4.60. The van der Waals surface area contributed by atoms with Crippen molar-refractivity contribution >= 4 is 23.4 Å². The predicted molar refractivity (Wildman–Crippen MR) is 69.3 cm³/mol. The van der Waals surface area contributed by atoms with Crippen molar-refractivity contribution < 1.29 is 19.0 Å². The van der Waals surface area contributed by atoms with Crippen molar-refractivity contribution in [3.8, 4) is 0 Å². The first-order chi connectivity index (χ1) is 7.74. The number of alkyl carbamates (subject to hydrolysis) is 1. The number of ether oxygens (including phenoxy) is 3. The smallest absolute Gasteiger partial charge is 0.408 e. The minimum Gasteiger partial charge on any atom is -0.485 e. The Bertz CT molecular complexity index is 263. The molecule has 100 valence electrons. The molecule has 1 N–H and O–H groups in total. The molecule has 5 nitrogen and oxygen atoms in total. The van der Waals surface area contributed by atoms with Gasteiger partial charge >= 0.3 is 6.09 Å². The average Bonchev–Trinajstić information content (AvgIpc) is 2.11. The van der Waals surface area contributed by atoms with Crippen LogP contribution in [0, 0.1) is 0 Å². The van der Waals surface area contributed by atoms with Gasteiger partial charge in [0.2, 0.25) is 0 Å². The maximum Gasteiger partial charge on any atom is 0.408 e. The van der Waals surface area contributed by atoms with Crippen LogP contribution in [0.4, 0.5) is 4.79 Å². The zero-order valence-corrected chi connectivity index (χ0v) is 11.8. The fourth-order valence-corrected chi connectivity index (χ4v) is 1.09. The van der Waals surface area contributed by atoms with E-state index in [-0.39, 0.29) is 12.6 Å². The Morgan fingerprint density at radius 1 is 1.35 bits per heavy atom. The molecular formula is C11H21NO4S. The van der Waals surface area contributed by atoms with Crippen LogP contribution in [0.5, 0.6) is 0 Å². The first kappa shape index (κ1) is 16.1. The van der Waals surface area contributed by atoms with E-state index in [4.69, 9.17) is 26.4 Å². The van der Waals surface area contributed by atoms with Crippen LogP contribution in [0.2, 0.25) is 0 Å². The van der Waals surface area contributed by atoms with Gasteiger partial charge in [0.25, 0.3) is 0 Å². The maximum absolute atomic E-state index is 11.5. The van der Waals surface area contributed by atoms with Crippen molar-refractivity contribution in [2.45, 2.75) is 39.3 Å². The van der Waals surface area contributed by atoms with Crippen molar-refractivity contribution in [1.82, 2.24) is 5.32 Å². The van der Waals surface area contributed by atoms with Gasteiger partial charge < -0.3 is 19.5 Å². The van der Waals surface area contributed by atoms with E-state index in [0.717, 1.165) is 0 Å². The zero-order chi connectivity index (χ0) is 13.5. The summed E-state index contributed by atoms with van der Waals surface area (Å²) in [6, 6.07) is -0.284. The van der Waals surface area contributed by atoms with E-state index in [1.807, 2.05) is 0 Å². The van der Waals surface area contributed by atoms with Gasteiger partial charge in [0.1, 0.15) is 12.2 Å². The number of methoxy groups -OCH3 is 1. The van der Waals surface area contributed by atoms with Gasteiger partial charge in [-0.05, 0) is 33.0 Å². The first-order valence-electron chi connectivity index (χ1n) is 5.36. The Balaban J connectivity index is 4.14. The second-order valence-corrected chi connectivity index (χ2v) is 5.18. The largest absolute Gasteiger partial charge is 0.485 e. The summed E-state index contributed by atoms with van der Waals surface area (Å²) < 4.78 is 15.3. The van der Waals surface area contributed by atoms with Crippen LogP contribution in [0.15, 0.2) is 0 Å². The Morgan fingerprint density at radius 2 is 1.94 bits per heavy atom. The maximum atomic E-state index is 11.5. The Kier molecular flexibility index (Phi) is 7.06. The van der Waals surface area contributed by atoms with E-state index in [1.54, 1.807) is 34.8 Å². The van der Waals surface area contributed by atoms with Gasteiger partial charge in [-0.25, -0.2) is 4.79 Å². The van der Waals surface area contributed by atoms with E-state index in [0.29, 0.717) is 11.7 Å². The van der Waals surface area contributed by atoms with Crippen LogP contribution in [-0.4, -0.2) is 43.1 Å². The molecule has 0 saturated carbocycles. The summed E-state index contributed by atoms with van der Waals surface area (Å²) in [6.07, 6.45) is -0.495. The van der Waals surface area contributed by atoms with Gasteiger partial charge in [-0.1, -0.05) is 0 Å². The van der Waals surface area contributed by atoms with Gasteiger partial charge in [0.15, 0.2) is 5.05 Å². The standard InChI is InChI=1S/C11H21NO4S/c1-8(17)15-7-9(6-14-5)12-10(13)16-11(2,3)4/h9H,6-7H2,1-5H3,(H,12,13)/t9-/m0/s1. The molecule has 0 heterocycles. The van der Waals surface area contributed by atoms with E-state index in [2.05, 4.69) is 5.32 Å². The van der Waals surface area contributed by atoms with Crippen molar-refractivity contribution in [3.05, 3.63) is 0 Å². The average molecular weight is 263 g/mol. The molecule has 0 aliphatic rings. The summed E-state index contributed by atoms with van der Waals surface area (Å²) in [7, 11) is 1.55. The third kappa shape index (κ3) is 10.0. The normalized spacial score (nSPS) is 12.8. The van der Waals surface area contributed by atoms with Crippen LogP contribution < -0.4 is 5.32 Å². The Hall–Kier alpha value is -0.880. The molecule has 6 heteroatoms. The van der Waals surface area contributed by atoms with Crippen LogP contribution in [0.1, 0.15) is 27.7 Å². The lowest BCUT2D eigenvalue weighted by Crippen LogP contribution is -2.44. The molecule has 0 rings (SSSR count). The molecule has 0 fully saturated rings. The highest BCUT2D eigenvalue weighted by Gasteiger charge is 2.19. The van der Waals surface area contributed by atoms with Crippen molar-refractivity contribution in [1.29, 1.82) is 0 Å². The minimum absolute atomic E-state index is 0.266. The molecule has 0 aromatic heterocycles. The minimum atomic E-state index is -0.525. The number of nitrogens with one attached hydrogen (secondary N) is 1. The van der Waals surface area contributed by atoms with E-state index in [1.165, 1.54) is 0 Å². The molecular weight excluding hydrogens is 242 g/mol. The Morgan fingerprint density at radius 3 is 2.35 bits per heavy atom. The fourth-order valence-electron chi connectivity index (χ4n) is 1.02. The summed E-state index contributed by atoms with van der Waals surface area (Å²) >= 11 is 4.79. The summed E-state index contributed by atoms with van der Waals surface area (Å²) in [5, 5.41) is 3.09. The predicted octanol–water partition coefficient (Wildman–Crippen LogP) is 1.89. The summed E-state index contributed by atoms with van der Waals surface area (Å²) in [5.41, 5.74) is -0.525. The molecule has 0 spiro atoms. The molecule has 0 aliphatic carbocycles. The molecule has 0 unspecified atom stereocenters. The fraction of sp³-hybridized carbons (Fsp3) is 0.818. The van der Waals surface area contributed by atoms with Crippen LogP contribution >= 0.6 is 12.2 Å². The van der Waals surface area contributed by atoms with Gasteiger partial charge in [-0.3, -0.25) is 0 Å². The van der Waals surface area contributed by atoms with Crippen molar-refractivity contribution in [3.63, 3.8) is 0 Å². The molecule has 0 aliphatic heterocycles. The highest BCUT2D eigenvalue weighted by Crippen LogP contribution is 2.06. The number of hydrogen-bond acceptors (Lipinski definition) is 5. The Labute approximate surface area is 108 Å². The van der Waals surface area contributed by atoms with E-state index in [9.17, 15) is 4.79 Å². The lowest BCUT2D eigenvalue weighted by Gasteiger charge is -2.23. The third-order valence-corrected chi connectivity index (χ3v) is 1.69. The molecule has 0 radical (unpaired) electrons. The number of carbonyl (C=O) groups is 1. The quantitative estimate of drug-likeness (QED) is 0.768. The summed E-state index contributed by atoms with van der Waals surface area (Å²) in [5.74, 6) is 0. The molecule has 0 bridgehead atoms. The zero-order valence-electron chi connectivity index (χ0n) is 11.0. The SMILES string of the molecule is COC[C@@H](COC(C)=S)NC(=O)OC(C)(C)C. The number of rotatable bonds is 5. The number of thiocarbonyl (C=S) groups is 1. The highest BCUT2D eigenvalue weighted by atomic mass is 32.1. The van der Waals surface area contributed by atoms with Crippen molar-refractivity contribution in [2.24, 2.45) is 0 Å². The third-order valence-electron chi connectivity index (χ3n) is 1.58. The van der Waals surface area contributed by atoms with Crippen molar-refractivity contribution in [2.75, 3.05) is 20.3 Å². The molecule has 0 saturated heterocycles. The molecule has 0 aromatic rings. The summed E-state index contributed by atoms with van der Waals surface area (Å²) in [4.78, 5) is 11.5. The lowest BCUT2D eigenvalue weighted by molar-refractivity contribution is 0.0435. The second kappa shape index (κ2) is 7.45. The molecule has 0 aromatic carbocycles. The number of carbonyl (C=O) groups excluding carboxylic acids is 1.